The Bertz CT molecular complexity index is 850. The second-order valence-corrected chi connectivity index (χ2v) is 8.23. The summed E-state index contributed by atoms with van der Waals surface area (Å²) in [5.41, 5.74) is 2.42. The smallest absolute Gasteiger partial charge is 0.317 e. The van der Waals surface area contributed by atoms with Gasteiger partial charge in [0.1, 0.15) is 0 Å². The fourth-order valence-corrected chi connectivity index (χ4v) is 4.33. The summed E-state index contributed by atoms with van der Waals surface area (Å²) in [6, 6.07) is 20.3. The van der Waals surface area contributed by atoms with Crippen LogP contribution in [-0.2, 0) is 11.3 Å². The lowest BCUT2D eigenvalue weighted by Crippen LogP contribution is -2.53. The molecule has 0 bridgehead atoms. The molecular formula is C24H30N4O2. The minimum Gasteiger partial charge on any atom is -0.334 e. The van der Waals surface area contributed by atoms with E-state index >= 15 is 0 Å². The second kappa shape index (κ2) is 9.30. The van der Waals surface area contributed by atoms with Crippen LogP contribution in [0.1, 0.15) is 30.5 Å². The van der Waals surface area contributed by atoms with Crippen molar-refractivity contribution in [2.75, 3.05) is 32.7 Å². The van der Waals surface area contributed by atoms with Gasteiger partial charge in [0.2, 0.25) is 5.91 Å². The molecule has 2 aliphatic rings. The number of nitrogens with one attached hydrogen (secondary N) is 1. The third kappa shape index (κ3) is 4.82. The van der Waals surface area contributed by atoms with Gasteiger partial charge in [-0.25, -0.2) is 4.79 Å². The van der Waals surface area contributed by atoms with Gasteiger partial charge in [-0.1, -0.05) is 60.7 Å². The van der Waals surface area contributed by atoms with Gasteiger partial charge < -0.3 is 15.1 Å². The summed E-state index contributed by atoms with van der Waals surface area (Å²) in [6.07, 6.45) is 0.372. The van der Waals surface area contributed by atoms with Crippen molar-refractivity contribution >= 4 is 11.9 Å². The summed E-state index contributed by atoms with van der Waals surface area (Å²) in [6.45, 7) is 6.68. The summed E-state index contributed by atoms with van der Waals surface area (Å²) in [7, 11) is 0. The average molecular weight is 407 g/mol. The van der Waals surface area contributed by atoms with Crippen LogP contribution in [0, 0.1) is 0 Å². The number of amides is 3. The van der Waals surface area contributed by atoms with Gasteiger partial charge in [0.25, 0.3) is 0 Å². The molecule has 30 heavy (non-hydrogen) atoms. The second-order valence-electron chi connectivity index (χ2n) is 8.23. The minimum absolute atomic E-state index is 0.0159. The van der Waals surface area contributed by atoms with E-state index in [2.05, 4.69) is 34.5 Å². The fourth-order valence-electron chi connectivity index (χ4n) is 4.33. The monoisotopic (exact) mass is 406 g/mol. The first-order valence-corrected chi connectivity index (χ1v) is 10.8. The van der Waals surface area contributed by atoms with E-state index in [0.717, 1.165) is 25.2 Å². The van der Waals surface area contributed by atoms with Crippen LogP contribution < -0.4 is 5.32 Å². The van der Waals surface area contributed by atoms with Gasteiger partial charge in [-0.3, -0.25) is 9.69 Å². The first-order valence-electron chi connectivity index (χ1n) is 10.8. The number of piperazine rings is 1. The standard InChI is InChI=1S/C24H30N4O2/c1-19(21-10-6-3-7-11-21)28-18-22(16-23(28)29)25-24(30)27-14-12-26(13-15-27)17-20-8-4-2-5-9-20/h2-11,19,22H,12-18H2,1H3,(H,25,30). The van der Waals surface area contributed by atoms with Crippen LogP contribution in [0.5, 0.6) is 0 Å². The molecule has 0 aromatic heterocycles. The van der Waals surface area contributed by atoms with Crippen molar-refractivity contribution in [1.82, 2.24) is 20.0 Å². The molecule has 2 saturated heterocycles. The third-order valence-corrected chi connectivity index (χ3v) is 6.14. The van der Waals surface area contributed by atoms with Crippen LogP contribution in [0.15, 0.2) is 60.7 Å². The molecule has 0 aliphatic carbocycles. The SMILES string of the molecule is CC(c1ccccc1)N1CC(NC(=O)N2CCN(Cc3ccccc3)CC2)CC1=O. The fraction of sp³-hybridized carbons (Fsp3) is 0.417. The molecule has 2 aromatic carbocycles. The molecule has 6 heteroatoms. The Balaban J connectivity index is 1.25. The topological polar surface area (TPSA) is 55.9 Å². The van der Waals surface area contributed by atoms with E-state index < -0.39 is 0 Å². The van der Waals surface area contributed by atoms with Crippen molar-refractivity contribution in [1.29, 1.82) is 0 Å². The Hall–Kier alpha value is -2.86. The minimum atomic E-state index is -0.126. The number of likely N-dealkylation sites (tertiary alicyclic amines) is 1. The van der Waals surface area contributed by atoms with Gasteiger partial charge in [-0.15, -0.1) is 0 Å². The third-order valence-electron chi connectivity index (χ3n) is 6.14. The molecule has 0 radical (unpaired) electrons. The predicted octanol–water partition coefficient (Wildman–Crippen LogP) is 2.88. The van der Waals surface area contributed by atoms with E-state index in [1.807, 2.05) is 53.1 Å². The molecule has 158 valence electrons. The van der Waals surface area contributed by atoms with Crippen LogP contribution in [0.3, 0.4) is 0 Å². The highest BCUT2D eigenvalue weighted by Crippen LogP contribution is 2.25. The van der Waals surface area contributed by atoms with E-state index in [1.165, 1.54) is 5.56 Å². The number of carbonyl (C=O) groups is 2. The molecule has 4 rings (SSSR count). The van der Waals surface area contributed by atoms with Crippen molar-refractivity contribution in [3.8, 4) is 0 Å². The van der Waals surface area contributed by atoms with Gasteiger partial charge in [0.15, 0.2) is 0 Å². The first kappa shape index (κ1) is 20.4. The van der Waals surface area contributed by atoms with E-state index in [1.54, 1.807) is 0 Å². The van der Waals surface area contributed by atoms with Crippen LogP contribution >= 0.6 is 0 Å². The quantitative estimate of drug-likeness (QED) is 0.831. The van der Waals surface area contributed by atoms with E-state index in [-0.39, 0.29) is 24.0 Å². The molecule has 2 aromatic rings. The molecular weight excluding hydrogens is 376 g/mol. The first-order chi connectivity index (χ1) is 14.6. The summed E-state index contributed by atoms with van der Waals surface area (Å²) in [5.74, 6) is 0.101. The Labute approximate surface area is 178 Å². The molecule has 3 amide bonds. The Kier molecular flexibility index (Phi) is 6.33. The van der Waals surface area contributed by atoms with Crippen molar-refractivity contribution in [2.24, 2.45) is 0 Å². The zero-order valence-corrected chi connectivity index (χ0v) is 17.5. The normalized spacial score (nSPS) is 21.0. The number of benzene rings is 2. The lowest BCUT2D eigenvalue weighted by atomic mass is 10.1. The largest absolute Gasteiger partial charge is 0.334 e. The van der Waals surface area contributed by atoms with Crippen molar-refractivity contribution in [2.45, 2.75) is 32.0 Å². The summed E-state index contributed by atoms with van der Waals surface area (Å²) in [5, 5.41) is 3.09. The summed E-state index contributed by atoms with van der Waals surface area (Å²) < 4.78 is 0. The molecule has 2 fully saturated rings. The van der Waals surface area contributed by atoms with Crippen LogP contribution in [0.4, 0.5) is 4.79 Å². The molecule has 0 spiro atoms. The summed E-state index contributed by atoms with van der Waals surface area (Å²) in [4.78, 5) is 31.4. The molecule has 0 saturated carbocycles. The number of rotatable bonds is 5. The number of hydrogen-bond acceptors (Lipinski definition) is 3. The zero-order valence-electron chi connectivity index (χ0n) is 17.5. The van der Waals surface area contributed by atoms with E-state index in [9.17, 15) is 9.59 Å². The maximum atomic E-state index is 12.7. The molecule has 2 heterocycles. The summed E-state index contributed by atoms with van der Waals surface area (Å²) >= 11 is 0. The Morgan fingerprint density at radius 3 is 2.30 bits per heavy atom. The zero-order chi connectivity index (χ0) is 20.9. The van der Waals surface area contributed by atoms with Crippen molar-refractivity contribution in [3.05, 3.63) is 71.8 Å². The molecule has 2 aliphatic heterocycles. The van der Waals surface area contributed by atoms with Crippen LogP contribution in [-0.4, -0.2) is 65.4 Å². The number of carbonyl (C=O) groups excluding carboxylic acids is 2. The lowest BCUT2D eigenvalue weighted by Gasteiger charge is -2.35. The lowest BCUT2D eigenvalue weighted by molar-refractivity contribution is -0.129. The maximum absolute atomic E-state index is 12.7. The number of urea groups is 1. The number of hydrogen-bond donors (Lipinski definition) is 1. The molecule has 2 atom stereocenters. The molecule has 6 nitrogen and oxygen atoms in total. The van der Waals surface area contributed by atoms with Crippen LogP contribution in [0.2, 0.25) is 0 Å². The van der Waals surface area contributed by atoms with E-state index in [4.69, 9.17) is 0 Å². The highest BCUT2D eigenvalue weighted by Gasteiger charge is 2.35. The maximum Gasteiger partial charge on any atom is 0.317 e. The van der Waals surface area contributed by atoms with Crippen LogP contribution in [0.25, 0.3) is 0 Å². The highest BCUT2D eigenvalue weighted by atomic mass is 16.2. The van der Waals surface area contributed by atoms with Gasteiger partial charge in [0, 0.05) is 45.7 Å². The van der Waals surface area contributed by atoms with Gasteiger partial charge in [-0.05, 0) is 18.1 Å². The van der Waals surface area contributed by atoms with Crippen molar-refractivity contribution in [3.63, 3.8) is 0 Å². The van der Waals surface area contributed by atoms with Gasteiger partial charge in [-0.2, -0.15) is 0 Å². The Morgan fingerprint density at radius 1 is 1.00 bits per heavy atom. The average Bonchev–Trinajstić information content (AvgIpc) is 3.15. The van der Waals surface area contributed by atoms with E-state index in [0.29, 0.717) is 26.1 Å². The van der Waals surface area contributed by atoms with Gasteiger partial charge in [0.05, 0.1) is 12.1 Å². The number of nitrogens with zero attached hydrogens (tertiary/aromatic N) is 3. The highest BCUT2D eigenvalue weighted by molar-refractivity contribution is 5.82. The molecule has 1 N–H and O–H groups in total. The van der Waals surface area contributed by atoms with Gasteiger partial charge >= 0.3 is 6.03 Å². The predicted molar refractivity (Wildman–Crippen MR) is 117 cm³/mol. The van der Waals surface area contributed by atoms with Crippen molar-refractivity contribution < 1.29 is 9.59 Å². The molecule has 2 unspecified atom stereocenters. The Morgan fingerprint density at radius 2 is 1.63 bits per heavy atom.